The van der Waals surface area contributed by atoms with E-state index < -0.39 is 0 Å². The molecule has 1 aliphatic carbocycles. The highest BCUT2D eigenvalue weighted by atomic mass is 16.5. The van der Waals surface area contributed by atoms with E-state index in [4.69, 9.17) is 4.74 Å². The Kier molecular flexibility index (Phi) is 6.62. The van der Waals surface area contributed by atoms with Crippen LogP contribution in [0.1, 0.15) is 58.3 Å². The minimum absolute atomic E-state index is 0.0593. The summed E-state index contributed by atoms with van der Waals surface area (Å²) in [5.74, 6) is 0.514. The van der Waals surface area contributed by atoms with Gasteiger partial charge >= 0.3 is 0 Å². The van der Waals surface area contributed by atoms with Gasteiger partial charge in [0.25, 0.3) is 0 Å². The molecule has 112 valence electrons. The molecule has 3 atom stereocenters. The zero-order valence-electron chi connectivity index (χ0n) is 12.5. The molecule has 1 aliphatic heterocycles. The van der Waals surface area contributed by atoms with E-state index in [9.17, 15) is 5.11 Å². The lowest BCUT2D eigenvalue weighted by atomic mass is 9.78. The third kappa shape index (κ3) is 4.44. The van der Waals surface area contributed by atoms with E-state index in [-0.39, 0.29) is 6.10 Å². The van der Waals surface area contributed by atoms with E-state index in [1.807, 2.05) is 0 Å². The number of rotatable bonds is 6. The number of aliphatic hydroxyl groups excluding tert-OH is 1. The summed E-state index contributed by atoms with van der Waals surface area (Å²) in [6.45, 7) is 6.14. The van der Waals surface area contributed by atoms with Crippen LogP contribution < -0.4 is 0 Å². The van der Waals surface area contributed by atoms with E-state index in [1.165, 1.54) is 45.1 Å². The van der Waals surface area contributed by atoms with Crippen molar-refractivity contribution in [3.8, 4) is 0 Å². The summed E-state index contributed by atoms with van der Waals surface area (Å²) in [6.07, 6.45) is 9.71. The molecule has 1 N–H and O–H groups in total. The second kappa shape index (κ2) is 8.23. The standard InChI is InChI=1S/C16H31NO2/c1-2-12-19-13-11-17-10-6-5-8-15(17)14-7-3-4-9-16(14)18/h14-16,18H,2-13H2,1H3. The SMILES string of the molecule is CCCOCCN1CCCCC1C1CCCCC1O. The molecule has 2 rings (SSSR count). The van der Waals surface area contributed by atoms with Crippen molar-refractivity contribution < 1.29 is 9.84 Å². The van der Waals surface area contributed by atoms with Gasteiger partial charge in [0.1, 0.15) is 0 Å². The fourth-order valence-corrected chi connectivity index (χ4v) is 3.80. The van der Waals surface area contributed by atoms with E-state index >= 15 is 0 Å². The first-order valence-electron chi connectivity index (χ1n) is 8.32. The van der Waals surface area contributed by atoms with Gasteiger partial charge in [-0.15, -0.1) is 0 Å². The molecular formula is C16H31NO2. The van der Waals surface area contributed by atoms with Crippen LogP contribution in [0.3, 0.4) is 0 Å². The zero-order chi connectivity index (χ0) is 13.5. The van der Waals surface area contributed by atoms with Crippen LogP contribution in [0.4, 0.5) is 0 Å². The van der Waals surface area contributed by atoms with Crippen LogP contribution in [0, 0.1) is 5.92 Å². The van der Waals surface area contributed by atoms with E-state index in [0.717, 1.165) is 32.6 Å². The molecule has 0 spiro atoms. The predicted octanol–water partition coefficient (Wildman–Crippen LogP) is 2.82. The highest BCUT2D eigenvalue weighted by Crippen LogP contribution is 2.33. The zero-order valence-corrected chi connectivity index (χ0v) is 12.5. The second-order valence-electron chi connectivity index (χ2n) is 6.23. The first-order valence-corrected chi connectivity index (χ1v) is 8.32. The van der Waals surface area contributed by atoms with Crippen LogP contribution in [-0.4, -0.2) is 48.5 Å². The third-order valence-corrected chi connectivity index (χ3v) is 4.81. The van der Waals surface area contributed by atoms with Crippen molar-refractivity contribution in [3.63, 3.8) is 0 Å². The molecule has 0 bridgehead atoms. The molecule has 0 amide bonds. The highest BCUT2D eigenvalue weighted by molar-refractivity contribution is 4.88. The smallest absolute Gasteiger partial charge is 0.0593 e. The van der Waals surface area contributed by atoms with Gasteiger partial charge in [-0.3, -0.25) is 4.90 Å². The normalized spacial score (nSPS) is 33.5. The van der Waals surface area contributed by atoms with Crippen molar-refractivity contribution in [2.75, 3.05) is 26.3 Å². The predicted molar refractivity (Wildman–Crippen MR) is 78.3 cm³/mol. The average molecular weight is 269 g/mol. The van der Waals surface area contributed by atoms with Gasteiger partial charge in [-0.2, -0.15) is 0 Å². The maximum atomic E-state index is 10.3. The van der Waals surface area contributed by atoms with Crippen molar-refractivity contribution in [2.45, 2.75) is 70.4 Å². The molecule has 2 aliphatic rings. The summed E-state index contributed by atoms with van der Waals surface area (Å²) < 4.78 is 5.64. The quantitative estimate of drug-likeness (QED) is 0.753. The summed E-state index contributed by atoms with van der Waals surface area (Å²) in [5.41, 5.74) is 0. The number of hydrogen-bond donors (Lipinski definition) is 1. The minimum atomic E-state index is -0.0593. The van der Waals surface area contributed by atoms with Gasteiger partial charge in [0.15, 0.2) is 0 Å². The largest absolute Gasteiger partial charge is 0.393 e. The number of aliphatic hydroxyl groups is 1. The number of hydrogen-bond acceptors (Lipinski definition) is 3. The van der Waals surface area contributed by atoms with Gasteiger partial charge in [-0.05, 0) is 38.6 Å². The summed E-state index contributed by atoms with van der Waals surface area (Å²) in [5, 5.41) is 10.3. The van der Waals surface area contributed by atoms with Crippen molar-refractivity contribution in [2.24, 2.45) is 5.92 Å². The minimum Gasteiger partial charge on any atom is -0.393 e. The van der Waals surface area contributed by atoms with Gasteiger partial charge in [0.05, 0.1) is 12.7 Å². The molecule has 3 heteroatoms. The van der Waals surface area contributed by atoms with Gasteiger partial charge in [0, 0.05) is 25.1 Å². The first kappa shape index (κ1) is 15.3. The van der Waals surface area contributed by atoms with Gasteiger partial charge in [-0.1, -0.05) is 26.2 Å². The fourth-order valence-electron chi connectivity index (χ4n) is 3.80. The van der Waals surface area contributed by atoms with Gasteiger partial charge in [-0.25, -0.2) is 0 Å². The number of ether oxygens (including phenoxy) is 1. The summed E-state index contributed by atoms with van der Waals surface area (Å²) in [4.78, 5) is 2.60. The van der Waals surface area contributed by atoms with Crippen molar-refractivity contribution in [3.05, 3.63) is 0 Å². The molecular weight excluding hydrogens is 238 g/mol. The Morgan fingerprint density at radius 1 is 1.05 bits per heavy atom. The Morgan fingerprint density at radius 3 is 2.63 bits per heavy atom. The molecule has 0 aromatic rings. The van der Waals surface area contributed by atoms with Crippen molar-refractivity contribution in [1.29, 1.82) is 0 Å². The van der Waals surface area contributed by atoms with E-state index in [0.29, 0.717) is 12.0 Å². The monoisotopic (exact) mass is 269 g/mol. The third-order valence-electron chi connectivity index (χ3n) is 4.81. The first-order chi connectivity index (χ1) is 9.33. The Hall–Kier alpha value is -0.120. The molecule has 0 aromatic carbocycles. The van der Waals surface area contributed by atoms with E-state index in [2.05, 4.69) is 11.8 Å². The van der Waals surface area contributed by atoms with Gasteiger partial charge < -0.3 is 9.84 Å². The molecule has 0 aromatic heterocycles. The summed E-state index contributed by atoms with van der Waals surface area (Å²) in [7, 11) is 0. The topological polar surface area (TPSA) is 32.7 Å². The van der Waals surface area contributed by atoms with Crippen LogP contribution in [-0.2, 0) is 4.74 Å². The molecule has 1 saturated heterocycles. The molecule has 3 nitrogen and oxygen atoms in total. The second-order valence-corrected chi connectivity index (χ2v) is 6.23. The molecule has 2 fully saturated rings. The molecule has 1 heterocycles. The Labute approximate surface area is 118 Å². The Morgan fingerprint density at radius 2 is 1.84 bits per heavy atom. The number of piperidine rings is 1. The van der Waals surface area contributed by atoms with Crippen LogP contribution in [0.15, 0.2) is 0 Å². The molecule has 0 radical (unpaired) electrons. The van der Waals surface area contributed by atoms with Crippen LogP contribution in [0.25, 0.3) is 0 Å². The molecule has 1 saturated carbocycles. The lowest BCUT2D eigenvalue weighted by molar-refractivity contribution is -0.0156. The lowest BCUT2D eigenvalue weighted by Crippen LogP contribution is -2.49. The van der Waals surface area contributed by atoms with Crippen LogP contribution >= 0.6 is 0 Å². The Balaban J connectivity index is 1.84. The maximum Gasteiger partial charge on any atom is 0.0593 e. The lowest BCUT2D eigenvalue weighted by Gasteiger charge is -2.43. The number of nitrogens with zero attached hydrogens (tertiary/aromatic N) is 1. The molecule has 3 unspecified atom stereocenters. The molecule has 19 heavy (non-hydrogen) atoms. The summed E-state index contributed by atoms with van der Waals surface area (Å²) >= 11 is 0. The van der Waals surface area contributed by atoms with Crippen LogP contribution in [0.2, 0.25) is 0 Å². The van der Waals surface area contributed by atoms with Crippen LogP contribution in [0.5, 0.6) is 0 Å². The van der Waals surface area contributed by atoms with Crippen molar-refractivity contribution in [1.82, 2.24) is 4.90 Å². The Bertz CT molecular complexity index is 247. The van der Waals surface area contributed by atoms with Gasteiger partial charge in [0.2, 0.25) is 0 Å². The number of likely N-dealkylation sites (tertiary alicyclic amines) is 1. The average Bonchev–Trinajstić information content (AvgIpc) is 2.45. The summed E-state index contributed by atoms with van der Waals surface area (Å²) in [6, 6.07) is 0.606. The fraction of sp³-hybridized carbons (Fsp3) is 1.00. The highest BCUT2D eigenvalue weighted by Gasteiger charge is 2.35. The van der Waals surface area contributed by atoms with Crippen molar-refractivity contribution >= 4 is 0 Å². The van der Waals surface area contributed by atoms with E-state index in [1.54, 1.807) is 0 Å². The maximum absolute atomic E-state index is 10.3.